The van der Waals surface area contributed by atoms with Crippen LogP contribution in [0.2, 0.25) is 0 Å². The fourth-order valence-corrected chi connectivity index (χ4v) is 2.18. The third-order valence-corrected chi connectivity index (χ3v) is 3.38. The van der Waals surface area contributed by atoms with Crippen LogP contribution >= 0.6 is 0 Å². The maximum Gasteiger partial charge on any atom is 0.311 e. The SMILES string of the molecule is CCC1OC(Oc2ccccc2[N+](=O)[O-])C(O)C(O)C1O. The number of nitrogens with zero attached hydrogens (tertiary/aromatic N) is 1. The summed E-state index contributed by atoms with van der Waals surface area (Å²) < 4.78 is 10.7. The lowest BCUT2D eigenvalue weighted by atomic mass is 9.97. The van der Waals surface area contributed by atoms with Crippen LogP contribution in [0.5, 0.6) is 5.75 Å². The number of para-hydroxylation sites is 2. The second-order valence-corrected chi connectivity index (χ2v) is 4.77. The minimum absolute atomic E-state index is 0.0787. The van der Waals surface area contributed by atoms with Crippen LogP contribution in [0.1, 0.15) is 13.3 Å². The highest BCUT2D eigenvalue weighted by atomic mass is 16.7. The van der Waals surface area contributed by atoms with Crippen LogP contribution in [0.3, 0.4) is 0 Å². The highest BCUT2D eigenvalue weighted by Crippen LogP contribution is 2.30. The average Bonchev–Trinajstić information content (AvgIpc) is 2.48. The first kappa shape index (κ1) is 15.6. The molecule has 0 amide bonds. The Labute approximate surface area is 120 Å². The van der Waals surface area contributed by atoms with Crippen LogP contribution < -0.4 is 4.74 Å². The smallest absolute Gasteiger partial charge is 0.311 e. The molecule has 1 aromatic carbocycles. The molecule has 5 unspecified atom stereocenters. The summed E-state index contributed by atoms with van der Waals surface area (Å²) in [6.45, 7) is 1.74. The van der Waals surface area contributed by atoms with Crippen LogP contribution in [-0.4, -0.2) is 50.9 Å². The van der Waals surface area contributed by atoms with Gasteiger partial charge in [0.25, 0.3) is 0 Å². The van der Waals surface area contributed by atoms with Gasteiger partial charge < -0.3 is 24.8 Å². The average molecular weight is 299 g/mol. The third-order valence-electron chi connectivity index (χ3n) is 3.38. The molecule has 0 bridgehead atoms. The second-order valence-electron chi connectivity index (χ2n) is 4.77. The van der Waals surface area contributed by atoms with E-state index in [1.807, 2.05) is 0 Å². The summed E-state index contributed by atoms with van der Waals surface area (Å²) in [5, 5.41) is 40.3. The van der Waals surface area contributed by atoms with Crippen LogP contribution in [0.4, 0.5) is 5.69 Å². The topological polar surface area (TPSA) is 122 Å². The summed E-state index contributed by atoms with van der Waals surface area (Å²) >= 11 is 0. The van der Waals surface area contributed by atoms with Crippen LogP contribution in [0, 0.1) is 10.1 Å². The van der Waals surface area contributed by atoms with Gasteiger partial charge in [-0.25, -0.2) is 0 Å². The fraction of sp³-hybridized carbons (Fsp3) is 0.538. The van der Waals surface area contributed by atoms with E-state index in [-0.39, 0.29) is 11.4 Å². The predicted octanol–water partition coefficient (Wildman–Crippen LogP) is 0.191. The Hall–Kier alpha value is -1.74. The first-order valence-corrected chi connectivity index (χ1v) is 6.55. The Morgan fingerprint density at radius 3 is 2.52 bits per heavy atom. The van der Waals surface area contributed by atoms with Crippen molar-refractivity contribution in [3.63, 3.8) is 0 Å². The summed E-state index contributed by atoms with van der Waals surface area (Å²) in [6, 6.07) is 5.65. The third kappa shape index (κ3) is 3.13. The van der Waals surface area contributed by atoms with Crippen molar-refractivity contribution in [1.82, 2.24) is 0 Å². The summed E-state index contributed by atoms with van der Waals surface area (Å²) in [6.07, 6.45) is -5.83. The lowest BCUT2D eigenvalue weighted by Gasteiger charge is -2.39. The van der Waals surface area contributed by atoms with E-state index < -0.39 is 35.6 Å². The minimum atomic E-state index is -1.51. The van der Waals surface area contributed by atoms with Crippen LogP contribution in [0.15, 0.2) is 24.3 Å². The van der Waals surface area contributed by atoms with E-state index >= 15 is 0 Å². The molecule has 0 aliphatic carbocycles. The molecule has 5 atom stereocenters. The van der Waals surface area contributed by atoms with E-state index in [4.69, 9.17) is 9.47 Å². The van der Waals surface area contributed by atoms with Crippen molar-refractivity contribution < 1.29 is 29.7 Å². The second kappa shape index (κ2) is 6.35. The number of aliphatic hydroxyl groups excluding tert-OH is 3. The van der Waals surface area contributed by atoms with E-state index in [0.29, 0.717) is 6.42 Å². The highest BCUT2D eigenvalue weighted by Gasteiger charge is 2.44. The molecule has 1 heterocycles. The summed E-state index contributed by atoms with van der Waals surface area (Å²) in [5.41, 5.74) is -0.276. The van der Waals surface area contributed by atoms with Gasteiger partial charge in [0.2, 0.25) is 6.29 Å². The number of hydrogen-bond acceptors (Lipinski definition) is 7. The Morgan fingerprint density at radius 2 is 1.90 bits per heavy atom. The van der Waals surface area contributed by atoms with E-state index in [0.717, 1.165) is 0 Å². The van der Waals surface area contributed by atoms with Gasteiger partial charge in [0.1, 0.15) is 18.3 Å². The summed E-state index contributed by atoms with van der Waals surface area (Å²) in [7, 11) is 0. The number of nitro groups is 1. The monoisotopic (exact) mass is 299 g/mol. The van der Waals surface area contributed by atoms with Gasteiger partial charge in [-0.15, -0.1) is 0 Å². The molecule has 1 aromatic rings. The van der Waals surface area contributed by atoms with Gasteiger partial charge in [0.15, 0.2) is 5.75 Å². The maximum absolute atomic E-state index is 10.9. The lowest BCUT2D eigenvalue weighted by molar-refractivity contribution is -0.387. The van der Waals surface area contributed by atoms with E-state index in [1.54, 1.807) is 13.0 Å². The molecule has 116 valence electrons. The lowest BCUT2D eigenvalue weighted by Crippen LogP contribution is -2.58. The number of benzene rings is 1. The van der Waals surface area contributed by atoms with Crippen molar-refractivity contribution in [3.05, 3.63) is 34.4 Å². The van der Waals surface area contributed by atoms with Crippen molar-refractivity contribution in [1.29, 1.82) is 0 Å². The first-order valence-electron chi connectivity index (χ1n) is 6.55. The van der Waals surface area contributed by atoms with Crippen molar-refractivity contribution in [2.45, 2.75) is 44.1 Å². The number of rotatable bonds is 4. The summed E-state index contributed by atoms with van der Waals surface area (Å²) in [4.78, 5) is 10.3. The Balaban J connectivity index is 2.20. The van der Waals surface area contributed by atoms with Gasteiger partial charge in [-0.05, 0) is 12.5 Å². The Bertz CT molecular complexity index is 507. The van der Waals surface area contributed by atoms with E-state index in [2.05, 4.69) is 0 Å². The molecule has 8 heteroatoms. The zero-order chi connectivity index (χ0) is 15.6. The van der Waals surface area contributed by atoms with Crippen molar-refractivity contribution in [3.8, 4) is 5.75 Å². The number of aliphatic hydroxyl groups is 3. The highest BCUT2D eigenvalue weighted by molar-refractivity contribution is 5.45. The molecular formula is C13H17NO7. The largest absolute Gasteiger partial charge is 0.455 e. The number of hydrogen-bond donors (Lipinski definition) is 3. The molecule has 0 saturated carbocycles. The predicted molar refractivity (Wildman–Crippen MR) is 70.7 cm³/mol. The normalized spacial score (nSPS) is 32.7. The maximum atomic E-state index is 10.9. The number of ether oxygens (including phenoxy) is 2. The van der Waals surface area contributed by atoms with Gasteiger partial charge >= 0.3 is 5.69 Å². The van der Waals surface area contributed by atoms with E-state index in [9.17, 15) is 25.4 Å². The minimum Gasteiger partial charge on any atom is -0.455 e. The van der Waals surface area contributed by atoms with Crippen LogP contribution in [-0.2, 0) is 4.74 Å². The van der Waals surface area contributed by atoms with E-state index in [1.165, 1.54) is 18.2 Å². The summed E-state index contributed by atoms with van der Waals surface area (Å²) in [5.74, 6) is -0.0787. The molecule has 21 heavy (non-hydrogen) atoms. The van der Waals surface area contributed by atoms with Gasteiger partial charge in [-0.1, -0.05) is 19.1 Å². The zero-order valence-corrected chi connectivity index (χ0v) is 11.3. The van der Waals surface area contributed by atoms with Crippen molar-refractivity contribution in [2.24, 2.45) is 0 Å². The zero-order valence-electron chi connectivity index (χ0n) is 11.3. The molecule has 1 aliphatic heterocycles. The van der Waals surface area contributed by atoms with Gasteiger partial charge in [0.05, 0.1) is 11.0 Å². The molecule has 1 saturated heterocycles. The first-order chi connectivity index (χ1) is 9.95. The molecule has 8 nitrogen and oxygen atoms in total. The molecular weight excluding hydrogens is 282 g/mol. The standard InChI is InChI=1S/C13H17NO7/c1-2-8-10(15)11(16)12(17)13(20-8)21-9-6-4-3-5-7(9)14(18)19/h3-6,8,10-13,15-17H,2H2,1H3. The molecule has 0 aromatic heterocycles. The van der Waals surface area contributed by atoms with Gasteiger partial charge in [-0.3, -0.25) is 10.1 Å². The Morgan fingerprint density at radius 1 is 1.24 bits per heavy atom. The van der Waals surface area contributed by atoms with Crippen molar-refractivity contribution >= 4 is 5.69 Å². The fourth-order valence-electron chi connectivity index (χ4n) is 2.18. The molecule has 1 aliphatic rings. The molecule has 3 N–H and O–H groups in total. The quantitative estimate of drug-likeness (QED) is 0.536. The van der Waals surface area contributed by atoms with Crippen molar-refractivity contribution in [2.75, 3.05) is 0 Å². The van der Waals surface area contributed by atoms with Gasteiger partial charge in [-0.2, -0.15) is 0 Å². The molecule has 1 fully saturated rings. The Kier molecular flexibility index (Phi) is 4.73. The molecule has 0 radical (unpaired) electrons. The number of nitro benzene ring substituents is 1. The van der Waals surface area contributed by atoms with Gasteiger partial charge in [0, 0.05) is 6.07 Å². The molecule has 0 spiro atoms. The van der Waals surface area contributed by atoms with Crippen LogP contribution in [0.25, 0.3) is 0 Å². The molecule has 2 rings (SSSR count).